The van der Waals surface area contributed by atoms with E-state index < -0.39 is 11.2 Å². The maximum atomic E-state index is 12.2. The summed E-state index contributed by atoms with van der Waals surface area (Å²) in [6, 6.07) is 0. The second kappa shape index (κ2) is 7.02. The van der Waals surface area contributed by atoms with Crippen LogP contribution in [0.15, 0.2) is 0 Å². The van der Waals surface area contributed by atoms with E-state index >= 15 is 0 Å². The number of aliphatic hydroxyl groups excluding tert-OH is 1. The van der Waals surface area contributed by atoms with Crippen LogP contribution in [0.1, 0.15) is 11.4 Å². The summed E-state index contributed by atoms with van der Waals surface area (Å²) in [5, 5.41) is 17.0. The molecule has 0 spiro atoms. The van der Waals surface area contributed by atoms with Crippen molar-refractivity contribution in [2.75, 3.05) is 30.0 Å². The van der Waals surface area contributed by atoms with Crippen LogP contribution in [0, 0.1) is 0 Å². The lowest BCUT2D eigenvalue weighted by atomic mass is 10.5. The molecule has 17 heavy (non-hydrogen) atoms. The van der Waals surface area contributed by atoms with Crippen LogP contribution < -0.4 is 5.32 Å². The first kappa shape index (κ1) is 14.5. The van der Waals surface area contributed by atoms with Gasteiger partial charge in [0.1, 0.15) is 0 Å². The molecule has 0 aliphatic heterocycles. The van der Waals surface area contributed by atoms with Gasteiger partial charge in [-0.2, -0.15) is 24.9 Å². The number of aromatic nitrogens is 2. The Hall–Kier alpha value is -0.540. The summed E-state index contributed by atoms with van der Waals surface area (Å²) in [5.41, 5.74) is 0. The van der Waals surface area contributed by atoms with Gasteiger partial charge < -0.3 is 10.4 Å². The number of rotatable bonds is 7. The van der Waals surface area contributed by atoms with Gasteiger partial charge in [0.25, 0.3) is 0 Å². The van der Waals surface area contributed by atoms with Crippen LogP contribution in [-0.4, -0.2) is 40.0 Å². The molecule has 0 saturated carbocycles. The first-order valence-electron chi connectivity index (χ1n) is 4.87. The fourth-order valence-electron chi connectivity index (χ4n) is 0.908. The predicted octanol–water partition coefficient (Wildman–Crippen LogP) is 2.08. The Kier molecular flexibility index (Phi) is 6.00. The van der Waals surface area contributed by atoms with E-state index in [9.17, 15) is 13.2 Å². The number of nitrogens with one attached hydrogen (secondary N) is 1. The van der Waals surface area contributed by atoms with Crippen LogP contribution >= 0.6 is 23.1 Å². The highest BCUT2D eigenvalue weighted by Gasteiger charge is 2.35. The Morgan fingerprint density at radius 2 is 2.06 bits per heavy atom. The minimum absolute atomic E-state index is 0.159. The van der Waals surface area contributed by atoms with Crippen molar-refractivity contribution in [1.82, 2.24) is 10.2 Å². The van der Waals surface area contributed by atoms with Gasteiger partial charge >= 0.3 is 6.18 Å². The quantitative estimate of drug-likeness (QED) is 0.752. The number of thioether (sulfide) groups is 1. The van der Waals surface area contributed by atoms with Gasteiger partial charge in [-0.3, -0.25) is 0 Å². The number of halogens is 3. The Balaban J connectivity index is 2.21. The average Bonchev–Trinajstić information content (AvgIpc) is 2.71. The molecule has 9 heteroatoms. The molecule has 1 heterocycles. The maximum Gasteiger partial charge on any atom is 0.445 e. The molecule has 0 aromatic carbocycles. The van der Waals surface area contributed by atoms with Crippen molar-refractivity contribution in [2.45, 2.75) is 12.6 Å². The first-order chi connectivity index (χ1) is 8.04. The fraction of sp³-hybridized carbons (Fsp3) is 0.750. The van der Waals surface area contributed by atoms with Crippen molar-refractivity contribution in [3.05, 3.63) is 5.01 Å². The molecule has 2 N–H and O–H groups in total. The normalized spacial score (nSPS) is 11.8. The smallest absolute Gasteiger partial charge is 0.396 e. The van der Waals surface area contributed by atoms with Gasteiger partial charge in [0, 0.05) is 18.9 Å². The largest absolute Gasteiger partial charge is 0.445 e. The Labute approximate surface area is 105 Å². The van der Waals surface area contributed by atoms with Crippen LogP contribution in [0.5, 0.6) is 0 Å². The molecule has 1 rings (SSSR count). The van der Waals surface area contributed by atoms with Crippen LogP contribution in [0.3, 0.4) is 0 Å². The van der Waals surface area contributed by atoms with E-state index in [4.69, 9.17) is 5.11 Å². The Bertz CT molecular complexity index is 332. The van der Waals surface area contributed by atoms with Gasteiger partial charge in [0.05, 0.1) is 0 Å². The average molecular weight is 287 g/mol. The number of hydrogen-bond acceptors (Lipinski definition) is 6. The molecule has 0 radical (unpaired) electrons. The molecule has 4 nitrogen and oxygen atoms in total. The van der Waals surface area contributed by atoms with Crippen LogP contribution in [0.4, 0.5) is 18.3 Å². The molecular weight excluding hydrogens is 275 g/mol. The third-order valence-corrected chi connectivity index (χ3v) is 3.63. The van der Waals surface area contributed by atoms with E-state index in [2.05, 4.69) is 15.5 Å². The van der Waals surface area contributed by atoms with E-state index in [1.165, 1.54) is 0 Å². The van der Waals surface area contributed by atoms with Gasteiger partial charge in [0.15, 0.2) is 0 Å². The molecule has 0 saturated heterocycles. The number of alkyl halides is 3. The number of hydrogen-bond donors (Lipinski definition) is 2. The summed E-state index contributed by atoms with van der Waals surface area (Å²) in [6.07, 6.45) is -3.70. The molecule has 0 aliphatic carbocycles. The van der Waals surface area contributed by atoms with Crippen molar-refractivity contribution in [1.29, 1.82) is 0 Å². The summed E-state index contributed by atoms with van der Waals surface area (Å²) in [7, 11) is 0. The molecule has 0 aliphatic rings. The van der Waals surface area contributed by atoms with Crippen molar-refractivity contribution in [3.8, 4) is 0 Å². The molecule has 1 aromatic rings. The van der Waals surface area contributed by atoms with Gasteiger partial charge in [-0.05, 0) is 12.2 Å². The van der Waals surface area contributed by atoms with E-state index in [-0.39, 0.29) is 11.7 Å². The van der Waals surface area contributed by atoms with Crippen molar-refractivity contribution < 1.29 is 18.3 Å². The van der Waals surface area contributed by atoms with Crippen molar-refractivity contribution in [3.63, 3.8) is 0 Å². The monoisotopic (exact) mass is 287 g/mol. The molecule has 0 fully saturated rings. The van der Waals surface area contributed by atoms with Crippen molar-refractivity contribution in [2.24, 2.45) is 0 Å². The summed E-state index contributed by atoms with van der Waals surface area (Å²) in [4.78, 5) is 0. The van der Waals surface area contributed by atoms with Crippen molar-refractivity contribution >= 4 is 28.2 Å². The fourth-order valence-corrected chi connectivity index (χ4v) is 2.33. The van der Waals surface area contributed by atoms with Gasteiger partial charge in [-0.1, -0.05) is 11.3 Å². The second-order valence-corrected chi connectivity index (χ2v) is 5.23. The zero-order valence-electron chi connectivity index (χ0n) is 8.83. The maximum absolute atomic E-state index is 12.2. The van der Waals surface area contributed by atoms with Gasteiger partial charge in [-0.25, -0.2) is 0 Å². The minimum atomic E-state index is -4.42. The topological polar surface area (TPSA) is 58.0 Å². The zero-order valence-corrected chi connectivity index (χ0v) is 10.5. The van der Waals surface area contributed by atoms with Crippen LogP contribution in [0.2, 0.25) is 0 Å². The number of nitrogens with zero attached hydrogens (tertiary/aromatic N) is 2. The zero-order chi connectivity index (χ0) is 12.7. The Morgan fingerprint density at radius 3 is 2.65 bits per heavy atom. The lowest BCUT2D eigenvalue weighted by Crippen LogP contribution is -2.04. The summed E-state index contributed by atoms with van der Waals surface area (Å²) in [5.74, 6) is 1.59. The molecule has 1 aromatic heterocycles. The molecular formula is C8H12F3N3OS2. The summed E-state index contributed by atoms with van der Waals surface area (Å²) < 4.78 is 36.5. The SMILES string of the molecule is OCCCSCCNc1nnc(C(F)(F)F)s1. The molecule has 0 amide bonds. The van der Waals surface area contributed by atoms with E-state index in [0.29, 0.717) is 17.9 Å². The Morgan fingerprint density at radius 1 is 1.29 bits per heavy atom. The number of anilines is 1. The highest BCUT2D eigenvalue weighted by Crippen LogP contribution is 2.32. The second-order valence-electron chi connectivity index (χ2n) is 3.03. The highest BCUT2D eigenvalue weighted by molar-refractivity contribution is 7.99. The predicted molar refractivity (Wildman–Crippen MR) is 62.4 cm³/mol. The van der Waals surface area contributed by atoms with E-state index in [0.717, 1.165) is 17.9 Å². The van der Waals surface area contributed by atoms with E-state index in [1.54, 1.807) is 11.8 Å². The third-order valence-electron chi connectivity index (χ3n) is 1.64. The molecule has 0 unspecified atom stereocenters. The molecule has 0 atom stereocenters. The standard InChI is InChI=1S/C8H12F3N3OS2/c9-8(10,11)6-13-14-7(17-6)12-2-5-16-4-1-3-15/h15H,1-5H2,(H,12,14). The lowest BCUT2D eigenvalue weighted by molar-refractivity contribution is -0.138. The highest BCUT2D eigenvalue weighted by atomic mass is 32.2. The summed E-state index contributed by atoms with van der Waals surface area (Å²) >= 11 is 2.12. The first-order valence-corrected chi connectivity index (χ1v) is 6.84. The lowest BCUT2D eigenvalue weighted by Gasteiger charge is -2.01. The van der Waals surface area contributed by atoms with E-state index in [1.807, 2.05) is 0 Å². The van der Waals surface area contributed by atoms with Crippen LogP contribution in [-0.2, 0) is 6.18 Å². The molecule has 0 bridgehead atoms. The number of aliphatic hydroxyl groups is 1. The van der Waals surface area contributed by atoms with Gasteiger partial charge in [-0.15, -0.1) is 10.2 Å². The molecule has 98 valence electrons. The van der Waals surface area contributed by atoms with Crippen LogP contribution in [0.25, 0.3) is 0 Å². The minimum Gasteiger partial charge on any atom is -0.396 e. The third kappa shape index (κ3) is 5.55. The summed E-state index contributed by atoms with van der Waals surface area (Å²) in [6.45, 7) is 0.689. The van der Waals surface area contributed by atoms with Gasteiger partial charge in [0.2, 0.25) is 10.1 Å².